The Morgan fingerprint density at radius 2 is 2.00 bits per heavy atom. The zero-order valence-corrected chi connectivity index (χ0v) is 12.9. The molecule has 0 aliphatic carbocycles. The predicted octanol–water partition coefficient (Wildman–Crippen LogP) is 0.252. The second-order valence-electron chi connectivity index (χ2n) is 4.55. The van der Waals surface area contributed by atoms with Gasteiger partial charge >= 0.3 is 5.97 Å². The molecule has 0 saturated carbocycles. The van der Waals surface area contributed by atoms with E-state index in [1.165, 1.54) is 0 Å². The van der Waals surface area contributed by atoms with Crippen LogP contribution in [0.15, 0.2) is 0 Å². The Morgan fingerprint density at radius 1 is 1.29 bits per heavy atom. The van der Waals surface area contributed by atoms with E-state index in [4.69, 9.17) is 16.3 Å². The second-order valence-corrected chi connectivity index (χ2v) is 4.88. The summed E-state index contributed by atoms with van der Waals surface area (Å²) in [6.07, 6.45) is 0. The summed E-state index contributed by atoms with van der Waals surface area (Å²) in [7, 11) is 1.73. The quantitative estimate of drug-likeness (QED) is 0.775. The molecular weight excluding hydrogens is 296 g/mol. The van der Waals surface area contributed by atoms with Crippen molar-refractivity contribution in [1.82, 2.24) is 19.9 Å². The number of carbonyl (C=O) groups excluding carboxylic acids is 1. The fraction of sp³-hybridized carbons (Fsp3) is 0.667. The van der Waals surface area contributed by atoms with Crippen LogP contribution in [0.1, 0.15) is 6.92 Å². The Morgan fingerprint density at radius 3 is 2.62 bits per heavy atom. The largest absolute Gasteiger partial charge is 0.465 e. The van der Waals surface area contributed by atoms with E-state index in [-0.39, 0.29) is 11.3 Å². The molecule has 0 bridgehead atoms. The number of carbonyl (C=O) groups is 1. The summed E-state index contributed by atoms with van der Waals surface area (Å²) in [6, 6.07) is 0. The van der Waals surface area contributed by atoms with Crippen LogP contribution in [0.25, 0.3) is 0 Å². The van der Waals surface area contributed by atoms with Crippen molar-refractivity contribution in [1.29, 1.82) is 0 Å². The predicted molar refractivity (Wildman–Crippen MR) is 79.7 cm³/mol. The minimum atomic E-state index is -0.188. The molecule has 9 heteroatoms. The van der Waals surface area contributed by atoms with Crippen molar-refractivity contribution < 1.29 is 9.53 Å². The summed E-state index contributed by atoms with van der Waals surface area (Å²) >= 11 is 5.88. The number of esters is 1. The number of aromatic nitrogens is 3. The van der Waals surface area contributed by atoms with Gasteiger partial charge in [-0.3, -0.25) is 9.69 Å². The summed E-state index contributed by atoms with van der Waals surface area (Å²) in [5, 5.41) is 3.02. The molecule has 1 aliphatic rings. The highest BCUT2D eigenvalue weighted by Crippen LogP contribution is 2.15. The maximum Gasteiger partial charge on any atom is 0.320 e. The first-order valence-corrected chi connectivity index (χ1v) is 7.22. The zero-order chi connectivity index (χ0) is 15.2. The van der Waals surface area contributed by atoms with Gasteiger partial charge in [-0.15, -0.1) is 0 Å². The molecule has 8 nitrogen and oxygen atoms in total. The number of anilines is 2. The highest BCUT2D eigenvalue weighted by atomic mass is 35.5. The molecule has 1 fully saturated rings. The number of nitrogens with one attached hydrogen (secondary N) is 1. The smallest absolute Gasteiger partial charge is 0.320 e. The van der Waals surface area contributed by atoms with Crippen molar-refractivity contribution in [3.05, 3.63) is 5.28 Å². The van der Waals surface area contributed by atoms with Crippen LogP contribution in [0.5, 0.6) is 0 Å². The van der Waals surface area contributed by atoms with Gasteiger partial charge in [0.15, 0.2) is 0 Å². The van der Waals surface area contributed by atoms with E-state index in [1.54, 1.807) is 14.0 Å². The SMILES string of the molecule is CCOC(=O)CN1CCN(c2nc(Cl)nc(NC)n2)CC1. The van der Waals surface area contributed by atoms with Crippen LogP contribution in [0, 0.1) is 0 Å². The van der Waals surface area contributed by atoms with Gasteiger partial charge in [-0.05, 0) is 18.5 Å². The first kappa shape index (κ1) is 15.7. The maximum absolute atomic E-state index is 11.5. The van der Waals surface area contributed by atoms with Crippen molar-refractivity contribution in [2.24, 2.45) is 0 Å². The van der Waals surface area contributed by atoms with Crippen LogP contribution in [0.3, 0.4) is 0 Å². The summed E-state index contributed by atoms with van der Waals surface area (Å²) < 4.78 is 4.95. The minimum absolute atomic E-state index is 0.165. The first-order valence-electron chi connectivity index (χ1n) is 6.84. The molecule has 21 heavy (non-hydrogen) atoms. The van der Waals surface area contributed by atoms with Gasteiger partial charge < -0.3 is 15.0 Å². The van der Waals surface area contributed by atoms with Crippen molar-refractivity contribution in [3.8, 4) is 0 Å². The van der Waals surface area contributed by atoms with Gasteiger partial charge in [0.25, 0.3) is 0 Å². The van der Waals surface area contributed by atoms with Gasteiger partial charge in [0.2, 0.25) is 17.2 Å². The number of nitrogens with zero attached hydrogens (tertiary/aromatic N) is 5. The lowest BCUT2D eigenvalue weighted by molar-refractivity contribution is -0.144. The number of rotatable bonds is 5. The normalized spacial score (nSPS) is 15.9. The van der Waals surface area contributed by atoms with Gasteiger partial charge in [0, 0.05) is 33.2 Å². The van der Waals surface area contributed by atoms with Crippen LogP contribution in [0.4, 0.5) is 11.9 Å². The summed E-state index contributed by atoms with van der Waals surface area (Å²) in [5.41, 5.74) is 0. The second kappa shape index (κ2) is 7.37. The van der Waals surface area contributed by atoms with E-state index in [9.17, 15) is 4.79 Å². The Hall–Kier alpha value is -1.67. The number of piperazine rings is 1. The van der Waals surface area contributed by atoms with Crippen LogP contribution < -0.4 is 10.2 Å². The molecule has 0 unspecified atom stereocenters. The third-order valence-electron chi connectivity index (χ3n) is 3.13. The maximum atomic E-state index is 11.5. The Balaban J connectivity index is 1.91. The molecule has 1 aromatic heterocycles. The molecule has 116 valence electrons. The highest BCUT2D eigenvalue weighted by Gasteiger charge is 2.21. The number of ether oxygens (including phenoxy) is 1. The Labute approximate surface area is 128 Å². The minimum Gasteiger partial charge on any atom is -0.465 e. The van der Waals surface area contributed by atoms with Gasteiger partial charge in [-0.2, -0.15) is 15.0 Å². The van der Waals surface area contributed by atoms with Crippen LogP contribution in [0.2, 0.25) is 5.28 Å². The molecule has 1 aromatic rings. The molecular formula is C12H19ClN6O2. The average Bonchev–Trinajstić information content (AvgIpc) is 2.47. The zero-order valence-electron chi connectivity index (χ0n) is 12.2. The number of hydrogen-bond donors (Lipinski definition) is 1. The molecule has 1 saturated heterocycles. The van der Waals surface area contributed by atoms with E-state index in [0.717, 1.165) is 26.2 Å². The summed E-state index contributed by atoms with van der Waals surface area (Å²) in [6.45, 7) is 5.48. The van der Waals surface area contributed by atoms with E-state index in [1.807, 2.05) is 4.90 Å². The topological polar surface area (TPSA) is 83.5 Å². The lowest BCUT2D eigenvalue weighted by atomic mass is 10.3. The van der Waals surface area contributed by atoms with Gasteiger partial charge in [0.05, 0.1) is 13.2 Å². The fourth-order valence-corrected chi connectivity index (χ4v) is 2.24. The van der Waals surface area contributed by atoms with E-state index in [2.05, 4.69) is 25.2 Å². The van der Waals surface area contributed by atoms with Crippen LogP contribution >= 0.6 is 11.6 Å². The third-order valence-corrected chi connectivity index (χ3v) is 3.30. The lowest BCUT2D eigenvalue weighted by Gasteiger charge is -2.34. The van der Waals surface area contributed by atoms with E-state index < -0.39 is 0 Å². The Kier molecular flexibility index (Phi) is 5.51. The van der Waals surface area contributed by atoms with Crippen LogP contribution in [-0.2, 0) is 9.53 Å². The van der Waals surface area contributed by atoms with Crippen molar-refractivity contribution >= 4 is 29.5 Å². The van der Waals surface area contributed by atoms with Crippen molar-refractivity contribution in [2.45, 2.75) is 6.92 Å². The van der Waals surface area contributed by atoms with E-state index >= 15 is 0 Å². The monoisotopic (exact) mass is 314 g/mol. The molecule has 1 aliphatic heterocycles. The first-order chi connectivity index (χ1) is 10.1. The standard InChI is InChI=1S/C12H19ClN6O2/c1-3-21-9(20)8-18-4-6-19(7-5-18)12-16-10(13)15-11(14-2)17-12/h3-8H2,1-2H3,(H,14,15,16,17). The molecule has 0 amide bonds. The molecule has 2 rings (SSSR count). The lowest BCUT2D eigenvalue weighted by Crippen LogP contribution is -2.48. The Bertz CT molecular complexity index is 493. The third kappa shape index (κ3) is 4.40. The molecule has 0 spiro atoms. The molecule has 2 heterocycles. The van der Waals surface area contributed by atoms with Crippen molar-refractivity contribution in [3.63, 3.8) is 0 Å². The van der Waals surface area contributed by atoms with Crippen molar-refractivity contribution in [2.75, 3.05) is 56.6 Å². The molecule has 1 N–H and O–H groups in total. The van der Waals surface area contributed by atoms with Gasteiger partial charge in [-0.1, -0.05) is 0 Å². The average molecular weight is 315 g/mol. The van der Waals surface area contributed by atoms with Gasteiger partial charge in [-0.25, -0.2) is 0 Å². The molecule has 0 aromatic carbocycles. The van der Waals surface area contributed by atoms with E-state index in [0.29, 0.717) is 25.0 Å². The van der Waals surface area contributed by atoms with Crippen LogP contribution in [-0.4, -0.2) is 72.2 Å². The number of halogens is 1. The summed E-state index contributed by atoms with van der Waals surface area (Å²) in [5.74, 6) is 0.806. The summed E-state index contributed by atoms with van der Waals surface area (Å²) in [4.78, 5) is 27.9. The molecule has 0 radical (unpaired) electrons. The number of hydrogen-bond acceptors (Lipinski definition) is 8. The molecule has 0 atom stereocenters. The van der Waals surface area contributed by atoms with Gasteiger partial charge in [0.1, 0.15) is 0 Å². The highest BCUT2D eigenvalue weighted by molar-refractivity contribution is 6.28. The fourth-order valence-electron chi connectivity index (χ4n) is 2.09.